The summed E-state index contributed by atoms with van der Waals surface area (Å²) in [6.45, 7) is 7.27. The Labute approximate surface area is 110 Å². The molecule has 18 heavy (non-hydrogen) atoms. The second-order valence-electron chi connectivity index (χ2n) is 5.79. The van der Waals surface area contributed by atoms with Crippen LogP contribution in [0.2, 0.25) is 0 Å². The third-order valence-corrected chi connectivity index (χ3v) is 2.92. The Morgan fingerprint density at radius 3 is 2.17 bits per heavy atom. The first kappa shape index (κ1) is 14.6. The summed E-state index contributed by atoms with van der Waals surface area (Å²) in [4.78, 5) is 13.0. The van der Waals surface area contributed by atoms with Gasteiger partial charge in [0, 0.05) is 32.7 Å². The Morgan fingerprint density at radius 1 is 1.17 bits per heavy atom. The number of anilines is 1. The zero-order valence-electron chi connectivity index (χ0n) is 12.1. The molecule has 0 aliphatic carbocycles. The molecule has 1 rings (SSSR count). The molecule has 1 aromatic rings. The fourth-order valence-electron chi connectivity index (χ4n) is 1.63. The van der Waals surface area contributed by atoms with Gasteiger partial charge < -0.3 is 10.2 Å². The highest BCUT2D eigenvalue weighted by molar-refractivity contribution is 5.76. The summed E-state index contributed by atoms with van der Waals surface area (Å²) < 4.78 is 0. The lowest BCUT2D eigenvalue weighted by Crippen LogP contribution is -2.23. The number of amides is 1. The van der Waals surface area contributed by atoms with E-state index in [-0.39, 0.29) is 11.3 Å². The van der Waals surface area contributed by atoms with Crippen molar-refractivity contribution in [2.75, 3.05) is 26.0 Å². The number of carbonyl (C=O) groups excluding carboxylic acids is 1. The van der Waals surface area contributed by atoms with Gasteiger partial charge in [-0.2, -0.15) is 0 Å². The molecule has 0 heterocycles. The Kier molecular flexibility index (Phi) is 4.76. The maximum Gasteiger partial charge on any atom is 0.223 e. The highest BCUT2D eigenvalue weighted by Crippen LogP contribution is 2.23. The molecule has 1 aromatic carbocycles. The van der Waals surface area contributed by atoms with Crippen molar-refractivity contribution < 1.29 is 4.79 Å². The number of rotatable bonds is 4. The van der Waals surface area contributed by atoms with E-state index in [1.54, 1.807) is 19.0 Å². The van der Waals surface area contributed by atoms with Gasteiger partial charge in [0.1, 0.15) is 0 Å². The number of carbonyl (C=O) groups is 1. The van der Waals surface area contributed by atoms with E-state index in [0.29, 0.717) is 13.0 Å². The summed E-state index contributed by atoms with van der Waals surface area (Å²) >= 11 is 0. The van der Waals surface area contributed by atoms with E-state index in [0.717, 1.165) is 5.69 Å². The fourth-order valence-corrected chi connectivity index (χ4v) is 1.63. The first-order chi connectivity index (χ1) is 8.30. The molecule has 0 saturated heterocycles. The molecule has 0 aliphatic rings. The van der Waals surface area contributed by atoms with Gasteiger partial charge in [-0.1, -0.05) is 32.9 Å². The first-order valence-electron chi connectivity index (χ1n) is 6.35. The summed E-state index contributed by atoms with van der Waals surface area (Å²) in [6, 6.07) is 8.41. The zero-order valence-corrected chi connectivity index (χ0v) is 12.1. The number of benzene rings is 1. The van der Waals surface area contributed by atoms with Crippen LogP contribution in [0, 0.1) is 0 Å². The average Bonchev–Trinajstić information content (AvgIpc) is 2.28. The van der Waals surface area contributed by atoms with Crippen molar-refractivity contribution >= 4 is 11.6 Å². The molecular weight excluding hydrogens is 224 g/mol. The van der Waals surface area contributed by atoms with Gasteiger partial charge in [-0.05, 0) is 23.1 Å². The largest absolute Gasteiger partial charge is 0.385 e. The molecule has 100 valence electrons. The maximum atomic E-state index is 11.4. The SMILES string of the molecule is CN(C)C(=O)CCNc1ccc(C(C)(C)C)cc1. The first-order valence-corrected chi connectivity index (χ1v) is 6.35. The van der Waals surface area contributed by atoms with Crippen molar-refractivity contribution in [1.29, 1.82) is 0 Å². The van der Waals surface area contributed by atoms with Gasteiger partial charge >= 0.3 is 0 Å². The van der Waals surface area contributed by atoms with Crippen molar-refractivity contribution in [2.24, 2.45) is 0 Å². The van der Waals surface area contributed by atoms with Crippen molar-refractivity contribution in [3.63, 3.8) is 0 Å². The third-order valence-electron chi connectivity index (χ3n) is 2.92. The maximum absolute atomic E-state index is 11.4. The van der Waals surface area contributed by atoms with Crippen LogP contribution in [-0.2, 0) is 10.2 Å². The second kappa shape index (κ2) is 5.89. The van der Waals surface area contributed by atoms with E-state index in [1.807, 2.05) is 0 Å². The van der Waals surface area contributed by atoms with E-state index < -0.39 is 0 Å². The lowest BCUT2D eigenvalue weighted by Gasteiger charge is -2.19. The lowest BCUT2D eigenvalue weighted by atomic mass is 9.87. The number of hydrogen-bond donors (Lipinski definition) is 1. The van der Waals surface area contributed by atoms with Gasteiger partial charge in [0.2, 0.25) is 5.91 Å². The summed E-state index contributed by atoms with van der Waals surface area (Å²) in [7, 11) is 3.56. The minimum Gasteiger partial charge on any atom is -0.385 e. The summed E-state index contributed by atoms with van der Waals surface area (Å²) in [5, 5.41) is 3.26. The normalized spacial score (nSPS) is 11.2. The minimum atomic E-state index is 0.147. The van der Waals surface area contributed by atoms with E-state index in [4.69, 9.17) is 0 Å². The molecule has 0 aliphatic heterocycles. The van der Waals surface area contributed by atoms with E-state index in [2.05, 4.69) is 50.4 Å². The van der Waals surface area contributed by atoms with Crippen LogP contribution in [0.25, 0.3) is 0 Å². The quantitative estimate of drug-likeness (QED) is 0.888. The average molecular weight is 248 g/mol. The molecule has 0 radical (unpaired) electrons. The fraction of sp³-hybridized carbons (Fsp3) is 0.533. The van der Waals surface area contributed by atoms with Crippen molar-refractivity contribution in [1.82, 2.24) is 4.90 Å². The van der Waals surface area contributed by atoms with Crippen LogP contribution < -0.4 is 5.32 Å². The highest BCUT2D eigenvalue weighted by atomic mass is 16.2. The van der Waals surface area contributed by atoms with Crippen LogP contribution in [-0.4, -0.2) is 31.4 Å². The van der Waals surface area contributed by atoms with E-state index in [9.17, 15) is 4.79 Å². The van der Waals surface area contributed by atoms with Crippen molar-refractivity contribution in [2.45, 2.75) is 32.6 Å². The minimum absolute atomic E-state index is 0.147. The van der Waals surface area contributed by atoms with Crippen LogP contribution >= 0.6 is 0 Å². The molecule has 1 amide bonds. The Balaban J connectivity index is 2.47. The van der Waals surface area contributed by atoms with Crippen LogP contribution in [0.15, 0.2) is 24.3 Å². The number of nitrogens with one attached hydrogen (secondary N) is 1. The van der Waals surface area contributed by atoms with Crippen LogP contribution in [0.3, 0.4) is 0 Å². The lowest BCUT2D eigenvalue weighted by molar-refractivity contribution is -0.128. The molecule has 3 heteroatoms. The Morgan fingerprint density at radius 2 is 1.72 bits per heavy atom. The van der Waals surface area contributed by atoms with Crippen molar-refractivity contribution in [3.8, 4) is 0 Å². The third kappa shape index (κ3) is 4.40. The topological polar surface area (TPSA) is 32.3 Å². The second-order valence-corrected chi connectivity index (χ2v) is 5.79. The molecule has 3 nitrogen and oxygen atoms in total. The van der Waals surface area contributed by atoms with Crippen LogP contribution in [0.4, 0.5) is 5.69 Å². The highest BCUT2D eigenvalue weighted by Gasteiger charge is 2.12. The molecule has 0 fully saturated rings. The number of nitrogens with zero attached hydrogens (tertiary/aromatic N) is 1. The predicted molar refractivity (Wildman–Crippen MR) is 76.9 cm³/mol. The Hall–Kier alpha value is -1.51. The van der Waals surface area contributed by atoms with E-state index >= 15 is 0 Å². The number of hydrogen-bond acceptors (Lipinski definition) is 2. The van der Waals surface area contributed by atoms with Gasteiger partial charge in [0.05, 0.1) is 0 Å². The van der Waals surface area contributed by atoms with Crippen LogP contribution in [0.5, 0.6) is 0 Å². The van der Waals surface area contributed by atoms with E-state index in [1.165, 1.54) is 5.56 Å². The van der Waals surface area contributed by atoms with Crippen molar-refractivity contribution in [3.05, 3.63) is 29.8 Å². The zero-order chi connectivity index (χ0) is 13.8. The molecule has 0 bridgehead atoms. The molecular formula is C15H24N2O. The van der Waals surface area contributed by atoms with Gasteiger partial charge in [-0.25, -0.2) is 0 Å². The van der Waals surface area contributed by atoms with Gasteiger partial charge in [-0.3, -0.25) is 4.79 Å². The van der Waals surface area contributed by atoms with Gasteiger partial charge in [0.15, 0.2) is 0 Å². The Bertz CT molecular complexity index is 388. The molecule has 0 saturated carbocycles. The summed E-state index contributed by atoms with van der Waals surface area (Å²) in [6.07, 6.45) is 0.522. The predicted octanol–water partition coefficient (Wildman–Crippen LogP) is 2.87. The molecule has 0 aromatic heterocycles. The molecule has 1 N–H and O–H groups in total. The molecule has 0 unspecified atom stereocenters. The summed E-state index contributed by atoms with van der Waals surface area (Å²) in [5.41, 5.74) is 2.56. The molecule has 0 atom stereocenters. The van der Waals surface area contributed by atoms with Gasteiger partial charge in [-0.15, -0.1) is 0 Å². The molecule has 0 spiro atoms. The summed E-state index contributed by atoms with van der Waals surface area (Å²) in [5.74, 6) is 0.147. The standard InChI is InChI=1S/C15H24N2O/c1-15(2,3)12-6-8-13(9-7-12)16-11-10-14(18)17(4)5/h6-9,16H,10-11H2,1-5H3. The van der Waals surface area contributed by atoms with Gasteiger partial charge in [0.25, 0.3) is 0 Å². The van der Waals surface area contributed by atoms with Crippen LogP contribution in [0.1, 0.15) is 32.8 Å². The monoisotopic (exact) mass is 248 g/mol. The smallest absolute Gasteiger partial charge is 0.223 e.